The molecule has 1 aromatic rings. The molecule has 0 bridgehead atoms. The number of rotatable bonds is 4. The van der Waals surface area contributed by atoms with E-state index in [0.717, 1.165) is 11.7 Å². The maximum absolute atomic E-state index is 3.41. The summed E-state index contributed by atoms with van der Waals surface area (Å²) < 4.78 is 0. The fraction of sp³-hybridized carbons (Fsp3) is 0.500. The minimum absolute atomic E-state index is 0.906. The number of benzene rings is 1. The molecule has 1 nitrogen and oxygen atoms in total. The molecule has 1 atom stereocenters. The van der Waals surface area contributed by atoms with Crippen LogP contribution in [0.25, 0.3) is 0 Å². The molecule has 1 aliphatic rings. The van der Waals surface area contributed by atoms with Gasteiger partial charge in [-0.05, 0) is 36.7 Å². The van der Waals surface area contributed by atoms with Crippen LogP contribution in [0.15, 0.2) is 30.3 Å². The predicted molar refractivity (Wildman–Crippen MR) is 63.6 cm³/mol. The topological polar surface area (TPSA) is 12.0 Å². The summed E-state index contributed by atoms with van der Waals surface area (Å²) in [5, 5.41) is 3.41. The number of nitrogens with one attached hydrogen (secondary N) is 1. The Morgan fingerprint density at radius 2 is 2.14 bits per heavy atom. The largest absolute Gasteiger partial charge is 0.316 e. The van der Waals surface area contributed by atoms with E-state index in [0.29, 0.717) is 0 Å². The van der Waals surface area contributed by atoms with E-state index in [1.165, 1.54) is 30.8 Å². The van der Waals surface area contributed by atoms with E-state index in [-0.39, 0.29) is 0 Å². The van der Waals surface area contributed by atoms with Crippen LogP contribution in [0.3, 0.4) is 0 Å². The smallest absolute Gasteiger partial charge is 0.0184 e. The minimum atomic E-state index is 0.906. The monoisotopic (exact) mass is 207 g/mol. The van der Waals surface area contributed by atoms with Gasteiger partial charge in [0.05, 0.1) is 0 Å². The molecule has 2 rings (SSSR count). The zero-order valence-electron chi connectivity index (χ0n) is 8.41. The second-order valence-electron chi connectivity index (χ2n) is 3.86. The summed E-state index contributed by atoms with van der Waals surface area (Å²) in [7, 11) is 0. The van der Waals surface area contributed by atoms with Gasteiger partial charge in [0.25, 0.3) is 0 Å². The van der Waals surface area contributed by atoms with Crippen LogP contribution in [-0.2, 0) is 5.75 Å². The molecule has 0 spiro atoms. The second kappa shape index (κ2) is 5.42. The zero-order chi connectivity index (χ0) is 9.64. The lowest BCUT2D eigenvalue weighted by Gasteiger charge is -2.07. The van der Waals surface area contributed by atoms with Gasteiger partial charge in [-0.2, -0.15) is 11.8 Å². The molecule has 1 aromatic carbocycles. The highest BCUT2D eigenvalue weighted by Crippen LogP contribution is 2.18. The molecule has 0 aromatic heterocycles. The summed E-state index contributed by atoms with van der Waals surface area (Å²) in [6, 6.07) is 10.7. The molecule has 0 aliphatic carbocycles. The molecule has 1 N–H and O–H groups in total. The van der Waals surface area contributed by atoms with Crippen LogP contribution >= 0.6 is 11.8 Å². The molecule has 1 saturated heterocycles. The third-order valence-electron chi connectivity index (χ3n) is 2.63. The average Bonchev–Trinajstić information content (AvgIpc) is 2.72. The number of hydrogen-bond donors (Lipinski definition) is 1. The van der Waals surface area contributed by atoms with Gasteiger partial charge in [-0.25, -0.2) is 0 Å². The summed E-state index contributed by atoms with van der Waals surface area (Å²) in [5.74, 6) is 3.38. The SMILES string of the molecule is c1ccc(CSCC2CCNC2)cc1. The molecule has 1 aliphatic heterocycles. The summed E-state index contributed by atoms with van der Waals surface area (Å²) in [4.78, 5) is 0. The van der Waals surface area contributed by atoms with E-state index in [4.69, 9.17) is 0 Å². The van der Waals surface area contributed by atoms with Crippen LogP contribution < -0.4 is 5.32 Å². The van der Waals surface area contributed by atoms with Crippen molar-refractivity contribution in [2.45, 2.75) is 12.2 Å². The van der Waals surface area contributed by atoms with E-state index in [2.05, 4.69) is 47.4 Å². The zero-order valence-corrected chi connectivity index (χ0v) is 9.22. The Morgan fingerprint density at radius 1 is 1.29 bits per heavy atom. The lowest BCUT2D eigenvalue weighted by Crippen LogP contribution is -2.10. The maximum Gasteiger partial charge on any atom is 0.0184 e. The highest BCUT2D eigenvalue weighted by molar-refractivity contribution is 7.98. The summed E-state index contributed by atoms with van der Waals surface area (Å²) in [6.07, 6.45) is 1.36. The van der Waals surface area contributed by atoms with Gasteiger partial charge in [0.2, 0.25) is 0 Å². The van der Waals surface area contributed by atoms with Gasteiger partial charge in [-0.3, -0.25) is 0 Å². The molecule has 0 saturated carbocycles. The van der Waals surface area contributed by atoms with Gasteiger partial charge >= 0.3 is 0 Å². The summed E-state index contributed by atoms with van der Waals surface area (Å²) in [6.45, 7) is 2.44. The number of thioether (sulfide) groups is 1. The highest BCUT2D eigenvalue weighted by atomic mass is 32.2. The van der Waals surface area contributed by atoms with Crippen LogP contribution in [0.1, 0.15) is 12.0 Å². The van der Waals surface area contributed by atoms with Crippen LogP contribution in [0.4, 0.5) is 0 Å². The normalized spacial score (nSPS) is 21.3. The Balaban J connectivity index is 1.67. The van der Waals surface area contributed by atoms with Crippen LogP contribution in [0.2, 0.25) is 0 Å². The second-order valence-corrected chi connectivity index (χ2v) is 4.89. The van der Waals surface area contributed by atoms with Crippen LogP contribution in [0.5, 0.6) is 0 Å². The number of hydrogen-bond acceptors (Lipinski definition) is 2. The van der Waals surface area contributed by atoms with Crippen molar-refractivity contribution in [2.24, 2.45) is 5.92 Å². The van der Waals surface area contributed by atoms with E-state index in [9.17, 15) is 0 Å². The molecule has 76 valence electrons. The quantitative estimate of drug-likeness (QED) is 0.814. The first-order chi connectivity index (χ1) is 6.95. The van der Waals surface area contributed by atoms with Crippen molar-refractivity contribution in [3.05, 3.63) is 35.9 Å². The fourth-order valence-corrected chi connectivity index (χ4v) is 2.94. The molecule has 0 radical (unpaired) electrons. The fourth-order valence-electron chi connectivity index (χ4n) is 1.77. The third-order valence-corrected chi connectivity index (χ3v) is 3.87. The van der Waals surface area contributed by atoms with Gasteiger partial charge in [-0.1, -0.05) is 30.3 Å². The van der Waals surface area contributed by atoms with Gasteiger partial charge in [0.15, 0.2) is 0 Å². The van der Waals surface area contributed by atoms with Gasteiger partial charge in [0, 0.05) is 5.75 Å². The van der Waals surface area contributed by atoms with E-state index < -0.39 is 0 Å². The first kappa shape index (κ1) is 10.1. The molecular weight excluding hydrogens is 190 g/mol. The van der Waals surface area contributed by atoms with Crippen LogP contribution in [-0.4, -0.2) is 18.8 Å². The molecule has 14 heavy (non-hydrogen) atoms. The Kier molecular flexibility index (Phi) is 3.90. The van der Waals surface area contributed by atoms with E-state index in [1.807, 2.05) is 0 Å². The molecule has 1 heterocycles. The Labute approximate surface area is 90.3 Å². The standard InChI is InChI=1S/C12H17NS/c1-2-4-11(5-3-1)9-14-10-12-6-7-13-8-12/h1-5,12-13H,6-10H2. The Hall–Kier alpha value is -0.470. The molecule has 1 fully saturated rings. The average molecular weight is 207 g/mol. The van der Waals surface area contributed by atoms with Gasteiger partial charge in [-0.15, -0.1) is 0 Å². The molecular formula is C12H17NS. The first-order valence-electron chi connectivity index (χ1n) is 5.27. The van der Waals surface area contributed by atoms with Crippen molar-refractivity contribution in [2.75, 3.05) is 18.8 Å². The Morgan fingerprint density at radius 3 is 2.86 bits per heavy atom. The minimum Gasteiger partial charge on any atom is -0.316 e. The van der Waals surface area contributed by atoms with Crippen molar-refractivity contribution in [3.8, 4) is 0 Å². The molecule has 0 amide bonds. The van der Waals surface area contributed by atoms with Gasteiger partial charge < -0.3 is 5.32 Å². The third kappa shape index (κ3) is 3.03. The summed E-state index contributed by atoms with van der Waals surface area (Å²) >= 11 is 2.06. The van der Waals surface area contributed by atoms with Crippen molar-refractivity contribution in [1.29, 1.82) is 0 Å². The highest BCUT2D eigenvalue weighted by Gasteiger charge is 2.13. The van der Waals surface area contributed by atoms with Crippen molar-refractivity contribution in [3.63, 3.8) is 0 Å². The van der Waals surface area contributed by atoms with Crippen molar-refractivity contribution < 1.29 is 0 Å². The van der Waals surface area contributed by atoms with Gasteiger partial charge in [0.1, 0.15) is 0 Å². The van der Waals surface area contributed by atoms with Crippen LogP contribution in [0, 0.1) is 5.92 Å². The first-order valence-corrected chi connectivity index (χ1v) is 6.43. The Bertz CT molecular complexity index is 254. The van der Waals surface area contributed by atoms with E-state index in [1.54, 1.807) is 0 Å². The molecule has 1 unspecified atom stereocenters. The lowest BCUT2D eigenvalue weighted by molar-refractivity contribution is 0.662. The summed E-state index contributed by atoms with van der Waals surface area (Å²) in [5.41, 5.74) is 1.45. The maximum atomic E-state index is 3.41. The van der Waals surface area contributed by atoms with Crippen molar-refractivity contribution >= 4 is 11.8 Å². The molecule has 2 heteroatoms. The van der Waals surface area contributed by atoms with E-state index >= 15 is 0 Å². The lowest BCUT2D eigenvalue weighted by atomic mass is 10.2. The predicted octanol–water partition coefficient (Wildman–Crippen LogP) is 2.53. The van der Waals surface area contributed by atoms with Crippen molar-refractivity contribution in [1.82, 2.24) is 5.32 Å².